The highest BCUT2D eigenvalue weighted by Gasteiger charge is 2.22. The Morgan fingerprint density at radius 1 is 0.310 bits per heavy atom. The van der Waals surface area contributed by atoms with E-state index in [0.29, 0.717) is 17.5 Å². The van der Waals surface area contributed by atoms with Crippen LogP contribution in [-0.4, -0.2) is 24.1 Å². The van der Waals surface area contributed by atoms with E-state index in [-0.39, 0.29) is 0 Å². The van der Waals surface area contributed by atoms with Crippen LogP contribution >= 0.6 is 0 Å². The predicted octanol–water partition coefficient (Wildman–Crippen LogP) is 13.4. The summed E-state index contributed by atoms with van der Waals surface area (Å²) < 4.78 is 4.90. The first kappa shape index (κ1) is 32.4. The van der Waals surface area contributed by atoms with Gasteiger partial charge in [0, 0.05) is 43.9 Å². The zero-order valence-electron chi connectivity index (χ0n) is 31.3. The maximum absolute atomic E-state index is 5.02. The first-order valence-electron chi connectivity index (χ1n) is 19.6. The standard InChI is InChI=1S/C53H33N5/c1-3-15-35(16-4-1)51-54-52(36-17-5-2-6-18-36)56-53(55-51)37-26-29-40(30-27-37)57-48-33-39-20-8-7-19-38(39)32-44(48)42-23-13-25-47(50(42)57)58-45-24-12-11-22-43(45)49-41-21-10-9-14-34(41)28-31-46(49)58/h1-33H. The third kappa shape index (κ3) is 5.00. The molecule has 5 nitrogen and oxygen atoms in total. The average molecular weight is 740 g/mol. The number of hydrogen-bond acceptors (Lipinski definition) is 3. The molecule has 12 rings (SSSR count). The molecule has 0 saturated heterocycles. The Morgan fingerprint density at radius 3 is 1.55 bits per heavy atom. The summed E-state index contributed by atoms with van der Waals surface area (Å²) in [6.07, 6.45) is 0. The molecule has 0 fully saturated rings. The molecule has 3 heterocycles. The quantitative estimate of drug-likeness (QED) is 0.177. The second-order valence-corrected chi connectivity index (χ2v) is 14.8. The van der Waals surface area contributed by atoms with Crippen molar-refractivity contribution in [2.75, 3.05) is 0 Å². The molecule has 270 valence electrons. The minimum Gasteiger partial charge on any atom is -0.307 e. The van der Waals surface area contributed by atoms with Crippen molar-refractivity contribution in [3.63, 3.8) is 0 Å². The first-order valence-corrected chi connectivity index (χ1v) is 19.6. The molecule has 0 spiro atoms. The minimum atomic E-state index is 0.630. The summed E-state index contributed by atoms with van der Waals surface area (Å²) in [7, 11) is 0. The molecule has 0 amide bonds. The van der Waals surface area contributed by atoms with Crippen molar-refractivity contribution in [1.82, 2.24) is 24.1 Å². The highest BCUT2D eigenvalue weighted by atomic mass is 15.1. The number of benzene rings is 9. The van der Waals surface area contributed by atoms with Crippen molar-refractivity contribution in [3.05, 3.63) is 200 Å². The monoisotopic (exact) mass is 739 g/mol. The molecule has 0 saturated carbocycles. The molecule has 0 aliphatic carbocycles. The van der Waals surface area contributed by atoms with E-state index in [1.807, 2.05) is 60.7 Å². The lowest BCUT2D eigenvalue weighted by atomic mass is 10.0. The smallest absolute Gasteiger partial charge is 0.164 e. The van der Waals surface area contributed by atoms with Gasteiger partial charge >= 0.3 is 0 Å². The number of fused-ring (bicyclic) bond motifs is 9. The molecule has 3 aromatic heterocycles. The van der Waals surface area contributed by atoms with Crippen LogP contribution in [-0.2, 0) is 0 Å². The van der Waals surface area contributed by atoms with Crippen molar-refractivity contribution in [1.29, 1.82) is 0 Å². The summed E-state index contributed by atoms with van der Waals surface area (Å²) in [6.45, 7) is 0. The molecular weight excluding hydrogens is 707 g/mol. The van der Waals surface area contributed by atoms with Gasteiger partial charge in [0.1, 0.15) is 0 Å². The number of hydrogen-bond donors (Lipinski definition) is 0. The van der Waals surface area contributed by atoms with Crippen molar-refractivity contribution in [3.8, 4) is 45.5 Å². The molecule has 0 aliphatic rings. The van der Waals surface area contributed by atoms with Gasteiger partial charge in [-0.05, 0) is 76.1 Å². The molecule has 58 heavy (non-hydrogen) atoms. The molecular formula is C53H33N5. The molecule has 12 aromatic rings. The molecule has 0 N–H and O–H groups in total. The fourth-order valence-corrected chi connectivity index (χ4v) is 8.88. The summed E-state index contributed by atoms with van der Waals surface area (Å²) >= 11 is 0. The summed E-state index contributed by atoms with van der Waals surface area (Å²) in [4.78, 5) is 15.0. The van der Waals surface area contributed by atoms with Crippen molar-refractivity contribution in [2.45, 2.75) is 0 Å². The van der Waals surface area contributed by atoms with Crippen molar-refractivity contribution >= 4 is 65.2 Å². The van der Waals surface area contributed by atoms with Crippen LogP contribution in [0.5, 0.6) is 0 Å². The predicted molar refractivity (Wildman–Crippen MR) is 240 cm³/mol. The summed E-state index contributed by atoms with van der Waals surface area (Å²) in [5.41, 5.74) is 9.65. The SMILES string of the molecule is c1ccc(-c2nc(-c3ccccc3)nc(-c3ccc(-n4c5cc6ccccc6cc5c5cccc(-n6c7ccccc7c7c8ccccc8ccc76)c54)cc3)n2)cc1. The molecule has 0 unspecified atom stereocenters. The van der Waals surface area contributed by atoms with E-state index in [9.17, 15) is 0 Å². The Labute approximate surface area is 333 Å². The Balaban J connectivity index is 1.11. The second kappa shape index (κ2) is 12.8. The minimum absolute atomic E-state index is 0.630. The third-order valence-electron chi connectivity index (χ3n) is 11.5. The van der Waals surface area contributed by atoms with Gasteiger partial charge in [-0.1, -0.05) is 146 Å². The van der Waals surface area contributed by atoms with Crippen LogP contribution in [0.3, 0.4) is 0 Å². The van der Waals surface area contributed by atoms with Gasteiger partial charge in [0.25, 0.3) is 0 Å². The Morgan fingerprint density at radius 2 is 0.862 bits per heavy atom. The second-order valence-electron chi connectivity index (χ2n) is 14.8. The molecule has 0 radical (unpaired) electrons. The lowest BCUT2D eigenvalue weighted by Gasteiger charge is -2.15. The lowest BCUT2D eigenvalue weighted by Crippen LogP contribution is -2.02. The number of para-hydroxylation sites is 2. The van der Waals surface area contributed by atoms with Crippen LogP contribution < -0.4 is 0 Å². The summed E-state index contributed by atoms with van der Waals surface area (Å²) in [5.74, 6) is 1.92. The van der Waals surface area contributed by atoms with Gasteiger partial charge in [-0.25, -0.2) is 15.0 Å². The molecule has 0 bridgehead atoms. The van der Waals surface area contributed by atoms with Crippen molar-refractivity contribution < 1.29 is 0 Å². The highest BCUT2D eigenvalue weighted by Crippen LogP contribution is 2.42. The number of rotatable bonds is 5. The van der Waals surface area contributed by atoms with Gasteiger partial charge < -0.3 is 9.13 Å². The zero-order valence-corrected chi connectivity index (χ0v) is 31.3. The van der Waals surface area contributed by atoms with Gasteiger partial charge in [0.15, 0.2) is 17.5 Å². The topological polar surface area (TPSA) is 48.5 Å². The number of aromatic nitrogens is 5. The van der Waals surface area contributed by atoms with E-state index in [1.54, 1.807) is 0 Å². The highest BCUT2D eigenvalue weighted by molar-refractivity contribution is 6.22. The summed E-state index contributed by atoms with van der Waals surface area (Å²) in [5, 5.41) is 9.84. The van der Waals surface area contributed by atoms with E-state index >= 15 is 0 Å². The van der Waals surface area contributed by atoms with Gasteiger partial charge in [-0.2, -0.15) is 0 Å². The Bertz CT molecular complexity index is 3490. The number of nitrogens with zero attached hydrogens (tertiary/aromatic N) is 5. The normalized spacial score (nSPS) is 11.8. The van der Waals surface area contributed by atoms with Gasteiger partial charge in [-0.3, -0.25) is 0 Å². The first-order chi connectivity index (χ1) is 28.8. The zero-order chi connectivity index (χ0) is 38.2. The molecule has 5 heteroatoms. The Hall–Kier alpha value is -7.89. The molecule has 0 aliphatic heterocycles. The van der Waals surface area contributed by atoms with E-state index < -0.39 is 0 Å². The van der Waals surface area contributed by atoms with Crippen LogP contribution in [0.15, 0.2) is 200 Å². The lowest BCUT2D eigenvalue weighted by molar-refractivity contribution is 1.07. The summed E-state index contributed by atoms with van der Waals surface area (Å²) in [6, 6.07) is 71.1. The largest absolute Gasteiger partial charge is 0.307 e. The van der Waals surface area contributed by atoms with Crippen LogP contribution in [0.1, 0.15) is 0 Å². The van der Waals surface area contributed by atoms with E-state index in [1.165, 1.54) is 54.1 Å². The van der Waals surface area contributed by atoms with Crippen LogP contribution in [0.25, 0.3) is 111 Å². The fraction of sp³-hybridized carbons (Fsp3) is 0. The Kier molecular flexibility index (Phi) is 7.16. The van der Waals surface area contributed by atoms with Crippen LogP contribution in [0, 0.1) is 0 Å². The average Bonchev–Trinajstić information content (AvgIpc) is 3.81. The van der Waals surface area contributed by atoms with E-state index in [2.05, 4.69) is 149 Å². The van der Waals surface area contributed by atoms with Crippen LogP contribution in [0.2, 0.25) is 0 Å². The van der Waals surface area contributed by atoms with Crippen molar-refractivity contribution in [2.24, 2.45) is 0 Å². The van der Waals surface area contributed by atoms with Gasteiger partial charge in [-0.15, -0.1) is 0 Å². The third-order valence-corrected chi connectivity index (χ3v) is 11.5. The maximum atomic E-state index is 5.02. The maximum Gasteiger partial charge on any atom is 0.164 e. The van der Waals surface area contributed by atoms with Gasteiger partial charge in [0.2, 0.25) is 0 Å². The molecule has 9 aromatic carbocycles. The van der Waals surface area contributed by atoms with Gasteiger partial charge in [0.05, 0.1) is 27.8 Å². The van der Waals surface area contributed by atoms with E-state index in [0.717, 1.165) is 39.1 Å². The fourth-order valence-electron chi connectivity index (χ4n) is 8.88. The van der Waals surface area contributed by atoms with Crippen LogP contribution in [0.4, 0.5) is 0 Å². The van der Waals surface area contributed by atoms with E-state index in [4.69, 9.17) is 15.0 Å². The molecule has 0 atom stereocenters.